The normalized spacial score (nSPS) is 23.8. The molecule has 24 heavy (non-hydrogen) atoms. The van der Waals surface area contributed by atoms with E-state index in [-0.39, 0.29) is 5.78 Å². The van der Waals surface area contributed by atoms with Crippen LogP contribution in [0.25, 0.3) is 0 Å². The predicted molar refractivity (Wildman–Crippen MR) is 93.5 cm³/mol. The fraction of sp³-hybridized carbons (Fsp3) is 0.611. The fourth-order valence-electron chi connectivity index (χ4n) is 2.99. The van der Waals surface area contributed by atoms with Crippen LogP contribution in [0.2, 0.25) is 0 Å². The van der Waals surface area contributed by atoms with Crippen LogP contribution in [0.5, 0.6) is 0 Å². The molecule has 0 amide bonds. The molecule has 1 aliphatic carbocycles. The van der Waals surface area contributed by atoms with E-state index in [1.165, 1.54) is 7.11 Å². The van der Waals surface area contributed by atoms with Gasteiger partial charge in [-0.25, -0.2) is 0 Å². The van der Waals surface area contributed by atoms with Gasteiger partial charge in [-0.05, 0) is 18.3 Å². The largest absolute Gasteiger partial charge is 0.468 e. The van der Waals surface area contributed by atoms with Crippen molar-refractivity contribution in [3.05, 3.63) is 23.9 Å². The van der Waals surface area contributed by atoms with Crippen molar-refractivity contribution in [1.82, 2.24) is 5.48 Å². The summed E-state index contributed by atoms with van der Waals surface area (Å²) < 4.78 is 4.86. The maximum Gasteiger partial charge on any atom is 0.317 e. The highest BCUT2D eigenvalue weighted by Gasteiger charge is 2.49. The van der Waals surface area contributed by atoms with E-state index in [2.05, 4.69) is 17.1 Å². The number of nitrogens with zero attached hydrogens (tertiary/aromatic N) is 1. The summed E-state index contributed by atoms with van der Waals surface area (Å²) >= 11 is 0. The Hall–Kier alpha value is -1.95. The third kappa shape index (κ3) is 4.32. The van der Waals surface area contributed by atoms with Crippen molar-refractivity contribution in [3.63, 3.8) is 0 Å². The number of ether oxygens (including phenoxy) is 1. The highest BCUT2D eigenvalue weighted by molar-refractivity contribution is 6.29. The number of carbonyl (C=O) groups excluding carboxylic acids is 2. The molecule has 0 aromatic rings. The molecule has 1 N–H and O–H groups in total. The quantitative estimate of drug-likeness (QED) is 0.193. The van der Waals surface area contributed by atoms with Crippen LogP contribution in [0.3, 0.4) is 0 Å². The lowest BCUT2D eigenvalue weighted by atomic mass is 9.65. The number of nitrogens with one attached hydrogen (secondary N) is 1. The summed E-state index contributed by atoms with van der Waals surface area (Å²) in [4.78, 5) is 34.9. The number of hydroxylamine groups is 1. The lowest BCUT2D eigenvalue weighted by molar-refractivity contribution is -0.153. The highest BCUT2D eigenvalue weighted by atomic mass is 16.6. The van der Waals surface area contributed by atoms with E-state index < -0.39 is 17.3 Å². The molecule has 134 valence electrons. The van der Waals surface area contributed by atoms with Gasteiger partial charge in [0.25, 0.3) is 0 Å². The third-order valence-electron chi connectivity index (χ3n) is 4.11. The number of esters is 1. The molecule has 0 spiro atoms. The smallest absolute Gasteiger partial charge is 0.317 e. The van der Waals surface area contributed by atoms with Gasteiger partial charge in [-0.3, -0.25) is 24.9 Å². The number of ketones is 1. The van der Waals surface area contributed by atoms with E-state index in [0.717, 1.165) is 6.42 Å². The second kappa shape index (κ2) is 8.78. The molecule has 0 bridgehead atoms. The van der Waals surface area contributed by atoms with E-state index >= 15 is 0 Å². The minimum atomic E-state index is -0.851. The van der Waals surface area contributed by atoms with Crippen LogP contribution in [-0.2, 0) is 19.2 Å². The van der Waals surface area contributed by atoms with Crippen molar-refractivity contribution >= 4 is 17.5 Å². The van der Waals surface area contributed by atoms with Gasteiger partial charge in [0.1, 0.15) is 5.92 Å². The molecule has 0 saturated heterocycles. The second-order valence-corrected chi connectivity index (χ2v) is 6.46. The van der Waals surface area contributed by atoms with Crippen LogP contribution >= 0.6 is 0 Å². The summed E-state index contributed by atoms with van der Waals surface area (Å²) in [5.41, 5.74) is 4.07. The van der Waals surface area contributed by atoms with Crippen LogP contribution in [0.15, 0.2) is 28.9 Å². The summed E-state index contributed by atoms with van der Waals surface area (Å²) in [6.07, 6.45) is 3.56. The van der Waals surface area contributed by atoms with Crippen molar-refractivity contribution in [2.75, 3.05) is 20.8 Å². The molecule has 1 unspecified atom stereocenters. The Morgan fingerprint density at radius 3 is 2.67 bits per heavy atom. The minimum absolute atomic E-state index is 0.267. The Morgan fingerprint density at radius 1 is 1.50 bits per heavy atom. The monoisotopic (exact) mass is 336 g/mol. The highest BCUT2D eigenvalue weighted by Crippen LogP contribution is 2.41. The average molecular weight is 336 g/mol. The van der Waals surface area contributed by atoms with Gasteiger partial charge in [0, 0.05) is 12.8 Å². The number of hydrogen-bond acceptors (Lipinski definition) is 6. The van der Waals surface area contributed by atoms with Crippen molar-refractivity contribution in [2.24, 2.45) is 16.3 Å². The standard InChI is InChI=1S/C18H28N2O4/c1-7-9-12(20-24-10-8-2)14-13(19-5)11-18(3,4)15(16(14)21)17(22)23-6/h8,15,20H,2,7,9-11H2,1,3-6H3/b14-12+,19-13?. The zero-order chi connectivity index (χ0) is 18.3. The lowest BCUT2D eigenvalue weighted by Crippen LogP contribution is -2.47. The SMILES string of the molecule is C=CCON/C(CCC)=C1/C(=O)C(C(=O)OC)C(C)(C)CC1=NC. The Balaban J connectivity index is 3.38. The maximum atomic E-state index is 13.1. The molecule has 1 fully saturated rings. The zero-order valence-corrected chi connectivity index (χ0v) is 15.3. The number of aliphatic imine (C=N–C) groups is 1. The minimum Gasteiger partial charge on any atom is -0.468 e. The van der Waals surface area contributed by atoms with Gasteiger partial charge < -0.3 is 4.74 Å². The number of Topliss-reactive ketones (excluding diaryl/α,β-unsaturated/α-hetero) is 1. The lowest BCUT2D eigenvalue weighted by Gasteiger charge is -2.38. The molecule has 6 nitrogen and oxygen atoms in total. The molecule has 1 atom stereocenters. The molecule has 1 aliphatic rings. The van der Waals surface area contributed by atoms with Crippen molar-refractivity contribution in [2.45, 2.75) is 40.0 Å². The van der Waals surface area contributed by atoms with Crippen molar-refractivity contribution in [1.29, 1.82) is 0 Å². The van der Waals surface area contributed by atoms with Crippen LogP contribution in [0, 0.1) is 11.3 Å². The van der Waals surface area contributed by atoms with Crippen LogP contribution in [0.1, 0.15) is 40.0 Å². The molecule has 0 radical (unpaired) electrons. The Morgan fingerprint density at radius 2 is 2.17 bits per heavy atom. The summed E-state index contributed by atoms with van der Waals surface area (Å²) in [6, 6.07) is 0. The molecule has 0 aliphatic heterocycles. The van der Waals surface area contributed by atoms with E-state index in [0.29, 0.717) is 36.4 Å². The topological polar surface area (TPSA) is 77.0 Å². The number of hydrogen-bond donors (Lipinski definition) is 1. The first-order valence-corrected chi connectivity index (χ1v) is 8.13. The summed E-state index contributed by atoms with van der Waals surface area (Å²) in [5.74, 6) is -1.63. The van der Waals surface area contributed by atoms with Gasteiger partial charge in [-0.15, -0.1) is 6.58 Å². The zero-order valence-electron chi connectivity index (χ0n) is 15.3. The van der Waals surface area contributed by atoms with Crippen LogP contribution in [0.4, 0.5) is 0 Å². The number of methoxy groups -OCH3 is 1. The van der Waals surface area contributed by atoms with E-state index in [1.54, 1.807) is 13.1 Å². The van der Waals surface area contributed by atoms with Gasteiger partial charge in [0.15, 0.2) is 5.78 Å². The first kappa shape index (κ1) is 20.1. The molecule has 0 aromatic carbocycles. The Bertz CT molecular complexity index is 561. The van der Waals surface area contributed by atoms with E-state index in [4.69, 9.17) is 9.57 Å². The predicted octanol–water partition coefficient (Wildman–Crippen LogP) is 2.61. The van der Waals surface area contributed by atoms with Gasteiger partial charge in [-0.2, -0.15) is 0 Å². The van der Waals surface area contributed by atoms with Gasteiger partial charge in [0.2, 0.25) is 0 Å². The van der Waals surface area contributed by atoms with E-state index in [9.17, 15) is 9.59 Å². The summed E-state index contributed by atoms with van der Waals surface area (Å²) in [5, 5.41) is 0. The van der Waals surface area contributed by atoms with Gasteiger partial charge >= 0.3 is 5.97 Å². The number of rotatable bonds is 7. The van der Waals surface area contributed by atoms with Crippen LogP contribution < -0.4 is 5.48 Å². The molecular formula is C18H28N2O4. The molecule has 1 rings (SSSR count). The second-order valence-electron chi connectivity index (χ2n) is 6.46. The van der Waals surface area contributed by atoms with Crippen LogP contribution in [-0.4, -0.2) is 38.2 Å². The molecular weight excluding hydrogens is 308 g/mol. The third-order valence-corrected chi connectivity index (χ3v) is 4.11. The molecule has 6 heteroatoms. The molecule has 1 saturated carbocycles. The molecule has 0 heterocycles. The maximum absolute atomic E-state index is 13.1. The number of allylic oxidation sites excluding steroid dienone is 2. The van der Waals surface area contributed by atoms with Crippen molar-refractivity contribution in [3.8, 4) is 0 Å². The Kier molecular flexibility index (Phi) is 7.35. The first-order valence-electron chi connectivity index (χ1n) is 8.13. The fourth-order valence-corrected chi connectivity index (χ4v) is 2.99. The Labute approximate surface area is 144 Å². The first-order chi connectivity index (χ1) is 11.3. The summed E-state index contributed by atoms with van der Waals surface area (Å²) in [7, 11) is 2.96. The van der Waals surface area contributed by atoms with Gasteiger partial charge in [-0.1, -0.05) is 33.3 Å². The number of carbonyl (C=O) groups is 2. The average Bonchev–Trinajstić information content (AvgIpc) is 2.53. The molecule has 0 aromatic heterocycles. The van der Waals surface area contributed by atoms with Gasteiger partial charge in [0.05, 0.1) is 25.0 Å². The van der Waals surface area contributed by atoms with E-state index in [1.807, 2.05) is 20.8 Å². The van der Waals surface area contributed by atoms with Crippen molar-refractivity contribution < 1.29 is 19.2 Å². The summed E-state index contributed by atoms with van der Waals surface area (Å²) in [6.45, 7) is 9.68.